The summed E-state index contributed by atoms with van der Waals surface area (Å²) in [6, 6.07) is 21.0. The normalized spacial score (nSPS) is 27.5. The fourth-order valence-corrected chi connectivity index (χ4v) is 5.32. The molecule has 1 fully saturated rings. The van der Waals surface area contributed by atoms with Crippen molar-refractivity contribution in [3.05, 3.63) is 107 Å². The van der Waals surface area contributed by atoms with Crippen molar-refractivity contribution in [1.29, 1.82) is 0 Å². The van der Waals surface area contributed by atoms with E-state index in [0.29, 0.717) is 29.8 Å². The van der Waals surface area contributed by atoms with Gasteiger partial charge in [-0.1, -0.05) is 54.6 Å². The quantitative estimate of drug-likeness (QED) is 0.350. The SMILES string of the molecule is CC1(O)CC(C2=C3C=NC=C[N+]3(N)C(c3ccc(C(=O)c4ccccc4)c4ccccc34)=N2)C1. The number of amidine groups is 1. The second-order valence-electron chi connectivity index (χ2n) is 9.56. The summed E-state index contributed by atoms with van der Waals surface area (Å²) in [4.78, 5) is 22.7. The first-order chi connectivity index (χ1) is 16.4. The Bertz CT molecular complexity index is 1460. The first-order valence-electron chi connectivity index (χ1n) is 11.4. The lowest BCUT2D eigenvalue weighted by Gasteiger charge is -2.40. The number of nitrogens with two attached hydrogens (primary N) is 1. The Kier molecular flexibility index (Phi) is 4.54. The van der Waals surface area contributed by atoms with E-state index in [2.05, 4.69) is 4.99 Å². The standard InChI is InChI=1S/C28H25N4O2/c1-28(34)15-19(16-28)25-24-17-30-13-14-32(24,29)27(31-25)23-12-11-22(20-9-5-6-10-21(20)23)26(33)18-7-3-2-4-8-18/h2-14,17,19,34H,15-16,29H2,1H3/q+1. The summed E-state index contributed by atoms with van der Waals surface area (Å²) in [5.41, 5.74) is 3.21. The average Bonchev–Trinajstić information content (AvgIpc) is 3.14. The average molecular weight is 450 g/mol. The Labute approximate surface area is 197 Å². The number of allylic oxidation sites excluding steroid dienone is 2. The molecule has 3 aliphatic rings. The van der Waals surface area contributed by atoms with Crippen molar-refractivity contribution in [2.45, 2.75) is 25.4 Å². The van der Waals surface area contributed by atoms with Crippen LogP contribution in [0.25, 0.3) is 10.8 Å². The van der Waals surface area contributed by atoms with Crippen LogP contribution in [0.5, 0.6) is 0 Å². The lowest BCUT2D eigenvalue weighted by atomic mass is 9.70. The lowest BCUT2D eigenvalue weighted by molar-refractivity contribution is -0.750. The van der Waals surface area contributed by atoms with Gasteiger partial charge < -0.3 is 5.11 Å². The number of fused-ring (bicyclic) bond motifs is 2. The summed E-state index contributed by atoms with van der Waals surface area (Å²) >= 11 is 0. The van der Waals surface area contributed by atoms with E-state index in [1.807, 2.05) is 79.9 Å². The molecular formula is C28H25N4O2+. The van der Waals surface area contributed by atoms with E-state index < -0.39 is 5.60 Å². The number of hydrogen-bond donors (Lipinski definition) is 2. The van der Waals surface area contributed by atoms with Crippen LogP contribution in [0.4, 0.5) is 0 Å². The van der Waals surface area contributed by atoms with E-state index in [1.165, 1.54) is 0 Å². The van der Waals surface area contributed by atoms with Gasteiger partial charge in [0.1, 0.15) is 11.9 Å². The molecule has 1 aliphatic carbocycles. The van der Waals surface area contributed by atoms with Gasteiger partial charge in [0.2, 0.25) is 5.70 Å². The van der Waals surface area contributed by atoms with Crippen molar-refractivity contribution in [3.63, 3.8) is 0 Å². The number of carbonyl (C=O) groups is 1. The van der Waals surface area contributed by atoms with Gasteiger partial charge in [0.05, 0.1) is 23.6 Å². The van der Waals surface area contributed by atoms with Crippen molar-refractivity contribution < 1.29 is 14.5 Å². The number of rotatable bonds is 4. The Morgan fingerprint density at radius 3 is 2.47 bits per heavy atom. The minimum Gasteiger partial charge on any atom is -0.390 e. The number of quaternary nitrogens is 1. The van der Waals surface area contributed by atoms with Crippen molar-refractivity contribution in [3.8, 4) is 0 Å². The molecule has 2 heterocycles. The third-order valence-electron chi connectivity index (χ3n) is 7.03. The maximum Gasteiger partial charge on any atom is 0.265 e. The van der Waals surface area contributed by atoms with Crippen LogP contribution >= 0.6 is 0 Å². The molecule has 3 aromatic carbocycles. The highest BCUT2D eigenvalue weighted by Gasteiger charge is 2.50. The van der Waals surface area contributed by atoms with Crippen LogP contribution in [0.15, 0.2) is 101 Å². The molecule has 0 radical (unpaired) electrons. The zero-order chi connectivity index (χ0) is 23.5. The second-order valence-corrected chi connectivity index (χ2v) is 9.56. The Morgan fingerprint density at radius 2 is 1.74 bits per heavy atom. The smallest absolute Gasteiger partial charge is 0.265 e. The maximum absolute atomic E-state index is 13.3. The second kappa shape index (κ2) is 7.40. The van der Waals surface area contributed by atoms with E-state index >= 15 is 0 Å². The van der Waals surface area contributed by atoms with E-state index in [0.717, 1.165) is 27.7 Å². The lowest BCUT2D eigenvalue weighted by Crippen LogP contribution is -2.53. The highest BCUT2D eigenvalue weighted by molar-refractivity contribution is 6.20. The topological polar surface area (TPSA) is 88.0 Å². The molecule has 6 nitrogen and oxygen atoms in total. The predicted molar refractivity (Wildman–Crippen MR) is 133 cm³/mol. The van der Waals surface area contributed by atoms with Crippen LogP contribution < -0.4 is 5.84 Å². The summed E-state index contributed by atoms with van der Waals surface area (Å²) in [5, 5.41) is 12.1. The largest absolute Gasteiger partial charge is 0.390 e. The van der Waals surface area contributed by atoms with E-state index in [9.17, 15) is 9.90 Å². The summed E-state index contributed by atoms with van der Waals surface area (Å²) in [7, 11) is 0. The molecule has 6 heteroatoms. The Balaban J connectivity index is 1.49. The van der Waals surface area contributed by atoms with Crippen molar-refractivity contribution in [2.24, 2.45) is 21.7 Å². The zero-order valence-corrected chi connectivity index (χ0v) is 18.8. The van der Waals surface area contributed by atoms with E-state index in [1.54, 1.807) is 12.4 Å². The number of benzene rings is 3. The van der Waals surface area contributed by atoms with E-state index in [-0.39, 0.29) is 16.3 Å². The molecule has 0 spiro atoms. The third-order valence-corrected chi connectivity index (χ3v) is 7.03. The zero-order valence-electron chi connectivity index (χ0n) is 18.8. The number of hydrogen-bond acceptors (Lipinski definition) is 5. The van der Waals surface area contributed by atoms with Crippen molar-refractivity contribution in [1.82, 2.24) is 0 Å². The van der Waals surface area contributed by atoms with Gasteiger partial charge in [-0.15, -0.1) is 4.59 Å². The summed E-state index contributed by atoms with van der Waals surface area (Å²) in [6.45, 7) is 1.85. The molecule has 2 aliphatic heterocycles. The Hall–Kier alpha value is -3.71. The molecule has 1 atom stereocenters. The number of aliphatic imine (C=N–C) groups is 2. The van der Waals surface area contributed by atoms with E-state index in [4.69, 9.17) is 10.8 Å². The molecule has 0 bridgehead atoms. The van der Waals surface area contributed by atoms with Crippen molar-refractivity contribution in [2.75, 3.05) is 0 Å². The molecule has 0 amide bonds. The third kappa shape index (κ3) is 3.11. The van der Waals surface area contributed by atoms with Crippen LogP contribution in [0.1, 0.15) is 41.3 Å². The van der Waals surface area contributed by atoms with Gasteiger partial charge in [-0.2, -0.15) is 10.8 Å². The highest BCUT2D eigenvalue weighted by atomic mass is 16.3. The number of ketones is 1. The van der Waals surface area contributed by atoms with Gasteiger partial charge in [0.15, 0.2) is 5.78 Å². The summed E-state index contributed by atoms with van der Waals surface area (Å²) < 4.78 is -0.0759. The monoisotopic (exact) mass is 449 g/mol. The van der Waals surface area contributed by atoms with Gasteiger partial charge in [0, 0.05) is 17.0 Å². The van der Waals surface area contributed by atoms with Crippen molar-refractivity contribution >= 4 is 28.6 Å². The molecule has 1 saturated carbocycles. The summed E-state index contributed by atoms with van der Waals surface area (Å²) in [6.07, 6.45) is 6.58. The van der Waals surface area contributed by atoms with Crippen LogP contribution in [0.3, 0.4) is 0 Å². The molecule has 6 rings (SSSR count). The molecule has 0 saturated heterocycles. The Morgan fingerprint density at radius 1 is 1.03 bits per heavy atom. The first kappa shape index (κ1) is 20.9. The minimum atomic E-state index is -0.672. The van der Waals surface area contributed by atoms with Gasteiger partial charge >= 0.3 is 0 Å². The van der Waals surface area contributed by atoms with Crippen LogP contribution in [-0.4, -0.2) is 33.1 Å². The molecule has 0 aromatic heterocycles. The minimum absolute atomic E-state index is 0.0189. The predicted octanol–water partition coefficient (Wildman–Crippen LogP) is 4.45. The van der Waals surface area contributed by atoms with Crippen LogP contribution in [-0.2, 0) is 0 Å². The molecule has 3 N–H and O–H groups in total. The molecule has 1 unspecified atom stereocenters. The number of carbonyl (C=O) groups excluding carboxylic acids is 1. The van der Waals surface area contributed by atoms with Gasteiger partial charge in [-0.3, -0.25) is 9.79 Å². The van der Waals surface area contributed by atoms with Crippen LogP contribution in [0, 0.1) is 5.92 Å². The van der Waals surface area contributed by atoms with Gasteiger partial charge in [0.25, 0.3) is 5.84 Å². The molecule has 3 aromatic rings. The number of aliphatic hydroxyl groups is 1. The van der Waals surface area contributed by atoms with Crippen LogP contribution in [0.2, 0.25) is 0 Å². The summed E-state index contributed by atoms with van der Waals surface area (Å²) in [5.74, 6) is 7.74. The number of nitrogens with zero attached hydrogens (tertiary/aromatic N) is 3. The maximum atomic E-state index is 13.3. The molecule has 168 valence electrons. The van der Waals surface area contributed by atoms with Gasteiger partial charge in [-0.05, 0) is 42.7 Å². The molecule has 34 heavy (non-hydrogen) atoms. The fourth-order valence-electron chi connectivity index (χ4n) is 5.32. The molecular weight excluding hydrogens is 424 g/mol. The first-order valence-corrected chi connectivity index (χ1v) is 11.4. The fraction of sp³-hybridized carbons (Fsp3) is 0.179. The highest BCUT2D eigenvalue weighted by Crippen LogP contribution is 2.47. The van der Waals surface area contributed by atoms with Gasteiger partial charge in [-0.25, -0.2) is 0 Å².